The van der Waals surface area contributed by atoms with Crippen molar-refractivity contribution in [1.29, 1.82) is 0 Å². The van der Waals surface area contributed by atoms with Crippen molar-refractivity contribution in [3.8, 4) is 0 Å². The number of rotatable bonds is 7. The molecule has 0 bridgehead atoms. The van der Waals surface area contributed by atoms with Crippen molar-refractivity contribution in [3.05, 3.63) is 22.4 Å². The molecule has 0 aliphatic rings. The Morgan fingerprint density at radius 1 is 1.67 bits per heavy atom. The molecular weight excluding hydrogens is 212 g/mol. The molecule has 0 aromatic carbocycles. The lowest BCUT2D eigenvalue weighted by molar-refractivity contribution is -0.138. The molecule has 0 saturated heterocycles. The van der Waals surface area contributed by atoms with Crippen molar-refractivity contribution in [1.82, 2.24) is 5.32 Å². The third-order valence-corrected chi connectivity index (χ3v) is 2.94. The van der Waals surface area contributed by atoms with Crippen LogP contribution in [0.15, 0.2) is 17.5 Å². The van der Waals surface area contributed by atoms with Crippen molar-refractivity contribution in [2.75, 3.05) is 6.54 Å². The quantitative estimate of drug-likeness (QED) is 0.609. The maximum atomic E-state index is 10.4. The third kappa shape index (κ3) is 4.92. The SMILES string of the molecule is NC(CCCNCc1cccs1)C(=O)O. The monoisotopic (exact) mass is 228 g/mol. The van der Waals surface area contributed by atoms with Crippen LogP contribution in [0, 0.1) is 0 Å². The number of aliphatic carboxylic acids is 1. The summed E-state index contributed by atoms with van der Waals surface area (Å²) in [7, 11) is 0. The minimum atomic E-state index is -0.923. The molecule has 1 atom stereocenters. The van der Waals surface area contributed by atoms with Gasteiger partial charge in [-0.1, -0.05) is 6.07 Å². The molecule has 0 spiro atoms. The lowest BCUT2D eigenvalue weighted by Crippen LogP contribution is -2.30. The Morgan fingerprint density at radius 2 is 2.47 bits per heavy atom. The van der Waals surface area contributed by atoms with Gasteiger partial charge in [-0.05, 0) is 30.8 Å². The smallest absolute Gasteiger partial charge is 0.320 e. The van der Waals surface area contributed by atoms with E-state index in [1.165, 1.54) is 4.88 Å². The Balaban J connectivity index is 2.00. The van der Waals surface area contributed by atoms with E-state index in [-0.39, 0.29) is 0 Å². The Hall–Kier alpha value is -0.910. The minimum absolute atomic E-state index is 0.521. The standard InChI is InChI=1S/C10H16N2O2S/c11-9(10(13)14)4-1-5-12-7-8-3-2-6-15-8/h2-3,6,9,12H,1,4-5,7,11H2,(H,13,14). The van der Waals surface area contributed by atoms with Gasteiger partial charge < -0.3 is 16.2 Å². The molecule has 0 aliphatic carbocycles. The molecule has 1 rings (SSSR count). The Kier molecular flexibility index (Phi) is 5.31. The summed E-state index contributed by atoms with van der Waals surface area (Å²) in [5, 5.41) is 13.8. The highest BCUT2D eigenvalue weighted by Gasteiger charge is 2.09. The summed E-state index contributed by atoms with van der Waals surface area (Å²) in [6, 6.07) is 3.36. The number of carbonyl (C=O) groups is 1. The molecule has 0 amide bonds. The second-order valence-electron chi connectivity index (χ2n) is 3.34. The van der Waals surface area contributed by atoms with Crippen LogP contribution in [-0.4, -0.2) is 23.7 Å². The Bertz CT molecular complexity index is 288. The van der Waals surface area contributed by atoms with Crippen LogP contribution >= 0.6 is 11.3 Å². The van der Waals surface area contributed by atoms with Crippen LogP contribution < -0.4 is 11.1 Å². The van der Waals surface area contributed by atoms with Gasteiger partial charge in [-0.25, -0.2) is 0 Å². The molecule has 15 heavy (non-hydrogen) atoms. The first-order valence-electron chi connectivity index (χ1n) is 4.91. The molecule has 4 N–H and O–H groups in total. The zero-order chi connectivity index (χ0) is 11.1. The van der Waals surface area contributed by atoms with E-state index in [1.807, 2.05) is 11.4 Å². The molecule has 0 fully saturated rings. The second kappa shape index (κ2) is 6.55. The van der Waals surface area contributed by atoms with E-state index in [4.69, 9.17) is 10.8 Å². The number of nitrogens with one attached hydrogen (secondary N) is 1. The molecule has 4 nitrogen and oxygen atoms in total. The topological polar surface area (TPSA) is 75.3 Å². The summed E-state index contributed by atoms with van der Waals surface area (Å²) < 4.78 is 0. The van der Waals surface area contributed by atoms with Crippen molar-refractivity contribution in [2.45, 2.75) is 25.4 Å². The third-order valence-electron chi connectivity index (χ3n) is 2.07. The van der Waals surface area contributed by atoms with Gasteiger partial charge in [-0.3, -0.25) is 4.79 Å². The number of carboxylic acid groups (broad SMARTS) is 1. The van der Waals surface area contributed by atoms with Gasteiger partial charge in [0.15, 0.2) is 0 Å². The number of hydrogen-bond donors (Lipinski definition) is 3. The number of hydrogen-bond acceptors (Lipinski definition) is 4. The van der Waals surface area contributed by atoms with Crippen LogP contribution in [0.3, 0.4) is 0 Å². The summed E-state index contributed by atoms with van der Waals surface area (Å²) in [5.74, 6) is -0.923. The fraction of sp³-hybridized carbons (Fsp3) is 0.500. The molecule has 1 aromatic heterocycles. The van der Waals surface area contributed by atoms with E-state index < -0.39 is 12.0 Å². The average molecular weight is 228 g/mol. The van der Waals surface area contributed by atoms with Crippen molar-refractivity contribution < 1.29 is 9.90 Å². The second-order valence-corrected chi connectivity index (χ2v) is 4.38. The van der Waals surface area contributed by atoms with Gasteiger partial charge >= 0.3 is 5.97 Å². The van der Waals surface area contributed by atoms with Gasteiger partial charge in [0.1, 0.15) is 6.04 Å². The highest BCUT2D eigenvalue weighted by molar-refractivity contribution is 7.09. The molecule has 5 heteroatoms. The zero-order valence-corrected chi connectivity index (χ0v) is 9.30. The van der Waals surface area contributed by atoms with Crippen LogP contribution in [0.5, 0.6) is 0 Å². The predicted octanol–water partition coefficient (Wildman–Crippen LogP) is 1.03. The van der Waals surface area contributed by atoms with Gasteiger partial charge in [-0.15, -0.1) is 11.3 Å². The molecule has 0 aliphatic heterocycles. The van der Waals surface area contributed by atoms with E-state index in [1.54, 1.807) is 11.3 Å². The van der Waals surface area contributed by atoms with E-state index in [0.717, 1.165) is 19.5 Å². The van der Waals surface area contributed by atoms with Crippen LogP contribution in [0.4, 0.5) is 0 Å². The number of carboxylic acids is 1. The first-order chi connectivity index (χ1) is 7.20. The maximum absolute atomic E-state index is 10.4. The van der Waals surface area contributed by atoms with Gasteiger partial charge in [0.25, 0.3) is 0 Å². The van der Waals surface area contributed by atoms with Crippen molar-refractivity contribution in [2.24, 2.45) is 5.73 Å². The van der Waals surface area contributed by atoms with E-state index in [9.17, 15) is 4.79 Å². The summed E-state index contributed by atoms with van der Waals surface area (Å²) in [5.41, 5.74) is 5.37. The minimum Gasteiger partial charge on any atom is -0.480 e. The van der Waals surface area contributed by atoms with Gasteiger partial charge in [0.2, 0.25) is 0 Å². The van der Waals surface area contributed by atoms with Crippen molar-refractivity contribution >= 4 is 17.3 Å². The fourth-order valence-corrected chi connectivity index (χ4v) is 1.87. The maximum Gasteiger partial charge on any atom is 0.320 e. The number of nitrogens with two attached hydrogens (primary N) is 1. The lowest BCUT2D eigenvalue weighted by atomic mass is 10.2. The summed E-state index contributed by atoms with van der Waals surface area (Å²) >= 11 is 1.71. The zero-order valence-electron chi connectivity index (χ0n) is 8.48. The highest BCUT2D eigenvalue weighted by atomic mass is 32.1. The highest BCUT2D eigenvalue weighted by Crippen LogP contribution is 2.07. The van der Waals surface area contributed by atoms with E-state index in [0.29, 0.717) is 6.42 Å². The summed E-state index contributed by atoms with van der Waals surface area (Å²) in [6.45, 7) is 1.65. The molecule has 0 saturated carbocycles. The van der Waals surface area contributed by atoms with Crippen LogP contribution in [0.25, 0.3) is 0 Å². The van der Waals surface area contributed by atoms with E-state index >= 15 is 0 Å². The fourth-order valence-electron chi connectivity index (χ4n) is 1.20. The first kappa shape index (κ1) is 12.2. The first-order valence-corrected chi connectivity index (χ1v) is 5.79. The average Bonchev–Trinajstić information content (AvgIpc) is 2.69. The van der Waals surface area contributed by atoms with E-state index in [2.05, 4.69) is 11.4 Å². The molecular formula is C10H16N2O2S. The molecule has 84 valence electrons. The molecule has 1 unspecified atom stereocenters. The van der Waals surface area contributed by atoms with Crippen LogP contribution in [0.2, 0.25) is 0 Å². The molecule has 0 radical (unpaired) electrons. The normalized spacial score (nSPS) is 12.6. The largest absolute Gasteiger partial charge is 0.480 e. The van der Waals surface area contributed by atoms with Gasteiger partial charge in [0, 0.05) is 11.4 Å². The van der Waals surface area contributed by atoms with Gasteiger partial charge in [0.05, 0.1) is 0 Å². The Morgan fingerprint density at radius 3 is 3.07 bits per heavy atom. The van der Waals surface area contributed by atoms with Crippen LogP contribution in [0.1, 0.15) is 17.7 Å². The molecule has 1 aromatic rings. The summed E-state index contributed by atoms with van der Waals surface area (Å²) in [4.78, 5) is 11.7. The van der Waals surface area contributed by atoms with Crippen molar-refractivity contribution in [3.63, 3.8) is 0 Å². The lowest BCUT2D eigenvalue weighted by Gasteiger charge is -2.06. The number of thiophene rings is 1. The van der Waals surface area contributed by atoms with Gasteiger partial charge in [-0.2, -0.15) is 0 Å². The summed E-state index contributed by atoms with van der Waals surface area (Å²) in [6.07, 6.45) is 1.31. The molecule has 1 heterocycles. The predicted molar refractivity (Wildman–Crippen MR) is 60.9 cm³/mol. The Labute approximate surface area is 93.1 Å². The van der Waals surface area contributed by atoms with Crippen LogP contribution in [-0.2, 0) is 11.3 Å².